The van der Waals surface area contributed by atoms with Crippen LogP contribution >= 0.6 is 0 Å². The van der Waals surface area contributed by atoms with Gasteiger partial charge in [0.15, 0.2) is 0 Å². The lowest BCUT2D eigenvalue weighted by atomic mass is 9.91. The Hall–Kier alpha value is -3.08. The van der Waals surface area contributed by atoms with Gasteiger partial charge in [-0.15, -0.1) is 0 Å². The molecule has 3 aromatic rings. The fourth-order valence-corrected chi connectivity index (χ4v) is 4.56. The van der Waals surface area contributed by atoms with E-state index in [9.17, 15) is 4.79 Å². The molecular formula is C26H32N4O. The molecule has 2 aromatic carbocycles. The summed E-state index contributed by atoms with van der Waals surface area (Å²) in [4.78, 5) is 18.6. The lowest BCUT2D eigenvalue weighted by Crippen LogP contribution is -2.39. The van der Waals surface area contributed by atoms with E-state index in [4.69, 9.17) is 4.98 Å². The number of rotatable bonds is 7. The fraction of sp³-hybridized carbons (Fsp3) is 0.385. The summed E-state index contributed by atoms with van der Waals surface area (Å²) in [5.74, 6) is 1.01. The fourth-order valence-electron chi connectivity index (χ4n) is 4.56. The van der Waals surface area contributed by atoms with Crippen LogP contribution in [0.3, 0.4) is 0 Å². The average molecular weight is 417 g/mol. The Bertz CT molecular complexity index is 1010. The SMILES string of the molecule is CCN(Cc1cc(NC2CCC(NC(C)=O)CC2)nc2ccccc12)c1ccccc1. The molecule has 0 saturated heterocycles. The number of benzene rings is 2. The van der Waals surface area contributed by atoms with Crippen LogP contribution in [0.15, 0.2) is 60.7 Å². The van der Waals surface area contributed by atoms with Crippen molar-refractivity contribution in [3.05, 3.63) is 66.2 Å². The largest absolute Gasteiger partial charge is 0.367 e. The summed E-state index contributed by atoms with van der Waals surface area (Å²) in [6.07, 6.45) is 4.10. The number of para-hydroxylation sites is 2. The summed E-state index contributed by atoms with van der Waals surface area (Å²) in [6, 6.07) is 21.9. The van der Waals surface area contributed by atoms with Gasteiger partial charge in [-0.3, -0.25) is 4.79 Å². The zero-order valence-corrected chi connectivity index (χ0v) is 18.5. The van der Waals surface area contributed by atoms with E-state index in [2.05, 4.69) is 83.1 Å². The Labute approximate surface area is 184 Å². The van der Waals surface area contributed by atoms with Gasteiger partial charge in [0.2, 0.25) is 5.91 Å². The number of carbonyl (C=O) groups excluding carboxylic acids is 1. The van der Waals surface area contributed by atoms with E-state index in [0.29, 0.717) is 12.1 Å². The van der Waals surface area contributed by atoms with Crippen LogP contribution < -0.4 is 15.5 Å². The first-order valence-electron chi connectivity index (χ1n) is 11.3. The number of carbonyl (C=O) groups is 1. The normalized spacial score (nSPS) is 18.5. The third-order valence-electron chi connectivity index (χ3n) is 6.15. The number of hydrogen-bond acceptors (Lipinski definition) is 4. The molecular weight excluding hydrogens is 384 g/mol. The van der Waals surface area contributed by atoms with Gasteiger partial charge in [-0.1, -0.05) is 36.4 Å². The molecule has 4 rings (SSSR count). The van der Waals surface area contributed by atoms with Gasteiger partial charge >= 0.3 is 0 Å². The molecule has 5 nitrogen and oxygen atoms in total. The van der Waals surface area contributed by atoms with Gasteiger partial charge in [-0.2, -0.15) is 0 Å². The second-order valence-corrected chi connectivity index (χ2v) is 8.43. The molecule has 162 valence electrons. The Kier molecular flexibility index (Phi) is 6.70. The number of nitrogens with zero attached hydrogens (tertiary/aromatic N) is 2. The summed E-state index contributed by atoms with van der Waals surface area (Å²) in [5, 5.41) is 7.94. The van der Waals surface area contributed by atoms with Gasteiger partial charge in [0.05, 0.1) is 5.52 Å². The lowest BCUT2D eigenvalue weighted by molar-refractivity contribution is -0.119. The smallest absolute Gasteiger partial charge is 0.217 e. The van der Waals surface area contributed by atoms with E-state index in [1.807, 2.05) is 0 Å². The van der Waals surface area contributed by atoms with E-state index < -0.39 is 0 Å². The standard InChI is InChI=1S/C26H32N4O/c1-3-30(23-9-5-4-6-10-23)18-20-17-26(29-25-12-8-7-11-24(20)25)28-22-15-13-21(14-16-22)27-19(2)31/h4-12,17,21-22H,3,13-16,18H2,1-2H3,(H,27,31)(H,28,29). The van der Waals surface area contributed by atoms with Crippen molar-refractivity contribution in [2.75, 3.05) is 16.8 Å². The molecule has 5 heteroatoms. The third kappa shape index (κ3) is 5.35. The molecule has 31 heavy (non-hydrogen) atoms. The first-order valence-corrected chi connectivity index (χ1v) is 11.3. The second-order valence-electron chi connectivity index (χ2n) is 8.43. The molecule has 1 heterocycles. The number of aromatic nitrogens is 1. The molecule has 2 N–H and O–H groups in total. The number of anilines is 2. The maximum atomic E-state index is 11.3. The van der Waals surface area contributed by atoms with Crippen molar-refractivity contribution in [2.45, 2.75) is 58.2 Å². The van der Waals surface area contributed by atoms with Gasteiger partial charge in [0, 0.05) is 43.2 Å². The van der Waals surface area contributed by atoms with Crippen LogP contribution in [0.4, 0.5) is 11.5 Å². The van der Waals surface area contributed by atoms with E-state index >= 15 is 0 Å². The summed E-state index contributed by atoms with van der Waals surface area (Å²) < 4.78 is 0. The molecule has 0 unspecified atom stereocenters. The molecule has 0 atom stereocenters. The molecule has 1 amide bonds. The summed E-state index contributed by atoms with van der Waals surface area (Å²) in [5.41, 5.74) is 3.54. The highest BCUT2D eigenvalue weighted by Gasteiger charge is 2.22. The van der Waals surface area contributed by atoms with Crippen molar-refractivity contribution in [1.82, 2.24) is 10.3 Å². The first-order chi connectivity index (χ1) is 15.1. The monoisotopic (exact) mass is 416 g/mol. The maximum Gasteiger partial charge on any atom is 0.217 e. The van der Waals surface area contributed by atoms with Crippen molar-refractivity contribution >= 4 is 28.3 Å². The number of hydrogen-bond donors (Lipinski definition) is 2. The Morgan fingerprint density at radius 2 is 1.68 bits per heavy atom. The summed E-state index contributed by atoms with van der Waals surface area (Å²) in [7, 11) is 0. The highest BCUT2D eigenvalue weighted by molar-refractivity contribution is 5.84. The molecule has 0 aliphatic heterocycles. The molecule has 0 bridgehead atoms. The van der Waals surface area contributed by atoms with E-state index in [1.165, 1.54) is 16.6 Å². The average Bonchev–Trinajstić information content (AvgIpc) is 2.79. The highest BCUT2D eigenvalue weighted by atomic mass is 16.1. The molecule has 1 aliphatic carbocycles. The predicted molar refractivity (Wildman–Crippen MR) is 128 cm³/mol. The summed E-state index contributed by atoms with van der Waals surface area (Å²) >= 11 is 0. The minimum absolute atomic E-state index is 0.0659. The van der Waals surface area contributed by atoms with E-state index in [1.54, 1.807) is 6.92 Å². The minimum Gasteiger partial charge on any atom is -0.367 e. The quantitative estimate of drug-likeness (QED) is 0.561. The van der Waals surface area contributed by atoms with Crippen molar-refractivity contribution in [2.24, 2.45) is 0 Å². The van der Waals surface area contributed by atoms with Crippen LogP contribution in [0.1, 0.15) is 45.1 Å². The molecule has 1 aliphatic rings. The highest BCUT2D eigenvalue weighted by Crippen LogP contribution is 2.27. The molecule has 0 radical (unpaired) electrons. The summed E-state index contributed by atoms with van der Waals surface area (Å²) in [6.45, 7) is 5.58. The van der Waals surface area contributed by atoms with E-state index in [-0.39, 0.29) is 5.91 Å². The zero-order chi connectivity index (χ0) is 21.6. The van der Waals surface area contributed by atoms with Crippen molar-refractivity contribution in [1.29, 1.82) is 0 Å². The topological polar surface area (TPSA) is 57.3 Å². The predicted octanol–water partition coefficient (Wildman–Crippen LogP) is 5.12. The first kappa shape index (κ1) is 21.2. The number of fused-ring (bicyclic) bond motifs is 1. The van der Waals surface area contributed by atoms with Crippen molar-refractivity contribution in [3.8, 4) is 0 Å². The van der Waals surface area contributed by atoms with Crippen LogP contribution in [0.25, 0.3) is 10.9 Å². The van der Waals surface area contributed by atoms with Gasteiger partial charge in [-0.25, -0.2) is 4.98 Å². The number of pyridine rings is 1. The van der Waals surface area contributed by atoms with Crippen LogP contribution in [0, 0.1) is 0 Å². The number of amides is 1. The molecule has 1 fully saturated rings. The molecule has 0 spiro atoms. The Balaban J connectivity index is 1.53. The van der Waals surface area contributed by atoms with Crippen LogP contribution in [-0.4, -0.2) is 29.5 Å². The van der Waals surface area contributed by atoms with E-state index in [0.717, 1.165) is 50.1 Å². The van der Waals surface area contributed by atoms with Gasteiger partial charge in [-0.05, 0) is 62.4 Å². The Morgan fingerprint density at radius 1 is 1.00 bits per heavy atom. The van der Waals surface area contributed by atoms with Crippen molar-refractivity contribution in [3.63, 3.8) is 0 Å². The number of nitrogens with one attached hydrogen (secondary N) is 2. The Morgan fingerprint density at radius 3 is 2.39 bits per heavy atom. The molecule has 1 saturated carbocycles. The lowest BCUT2D eigenvalue weighted by Gasteiger charge is -2.30. The maximum absolute atomic E-state index is 11.3. The third-order valence-corrected chi connectivity index (χ3v) is 6.15. The van der Waals surface area contributed by atoms with Crippen molar-refractivity contribution < 1.29 is 4.79 Å². The van der Waals surface area contributed by atoms with Gasteiger partial charge in [0.1, 0.15) is 5.82 Å². The van der Waals surface area contributed by atoms with Gasteiger partial charge < -0.3 is 15.5 Å². The van der Waals surface area contributed by atoms with Crippen LogP contribution in [0.5, 0.6) is 0 Å². The van der Waals surface area contributed by atoms with Crippen LogP contribution in [0.2, 0.25) is 0 Å². The van der Waals surface area contributed by atoms with Gasteiger partial charge in [0.25, 0.3) is 0 Å². The molecule has 1 aromatic heterocycles. The van der Waals surface area contributed by atoms with Crippen LogP contribution in [-0.2, 0) is 11.3 Å². The minimum atomic E-state index is 0.0659. The zero-order valence-electron chi connectivity index (χ0n) is 18.5. The second kappa shape index (κ2) is 9.82.